The van der Waals surface area contributed by atoms with Crippen LogP contribution in [-0.4, -0.2) is 45.9 Å². The molecule has 1 spiro atoms. The van der Waals surface area contributed by atoms with Gasteiger partial charge in [-0.2, -0.15) is 0 Å². The summed E-state index contributed by atoms with van der Waals surface area (Å²) in [5, 5.41) is 25.9. The van der Waals surface area contributed by atoms with Crippen LogP contribution in [0.25, 0.3) is 5.57 Å². The monoisotopic (exact) mass is 494 g/mol. The molecule has 2 bridgehead atoms. The number of aliphatic hydroxyl groups is 1. The maximum atomic E-state index is 12.8. The van der Waals surface area contributed by atoms with Crippen LogP contribution in [0.15, 0.2) is 42.1 Å². The molecular weight excluding hydrogens is 460 g/mol. The number of nitrogens with zero attached hydrogens (tertiary/aromatic N) is 1. The normalized spacial score (nSPS) is 31.4. The zero-order valence-electron chi connectivity index (χ0n) is 20.4. The summed E-state index contributed by atoms with van der Waals surface area (Å²) in [7, 11) is 0. The molecule has 2 aromatic carbocycles. The van der Waals surface area contributed by atoms with Gasteiger partial charge in [0.2, 0.25) is 0 Å². The number of halogens is 1. The predicted octanol–water partition coefficient (Wildman–Crippen LogP) is 0.750. The van der Waals surface area contributed by atoms with Crippen molar-refractivity contribution in [3.8, 4) is 11.5 Å². The minimum absolute atomic E-state index is 0. The lowest BCUT2D eigenvalue weighted by Gasteiger charge is -2.62. The van der Waals surface area contributed by atoms with E-state index in [0.29, 0.717) is 12.2 Å². The fourth-order valence-electron chi connectivity index (χ4n) is 8.04. The van der Waals surface area contributed by atoms with Crippen molar-refractivity contribution in [1.82, 2.24) is 4.90 Å². The molecule has 1 fully saturated rings. The first-order valence-electron chi connectivity index (χ1n) is 13.2. The number of phenols is 1. The Bertz CT molecular complexity index is 1210. The zero-order chi connectivity index (χ0) is 23.1. The van der Waals surface area contributed by atoms with Gasteiger partial charge in [0.1, 0.15) is 5.69 Å². The summed E-state index contributed by atoms with van der Waals surface area (Å²) in [6.07, 6.45) is 8.42. The lowest BCUT2D eigenvalue weighted by atomic mass is 9.49. The lowest BCUT2D eigenvalue weighted by Crippen LogP contribution is -3.00. The van der Waals surface area contributed by atoms with E-state index in [0.717, 1.165) is 31.5 Å². The summed E-state index contributed by atoms with van der Waals surface area (Å²) in [4.78, 5) is 2.58. The number of phenolic OH excluding ortho intramolecular Hbond substituents is 1. The Morgan fingerprint density at radius 3 is 2.80 bits per heavy atom. The highest BCUT2D eigenvalue weighted by molar-refractivity contribution is 5.82. The van der Waals surface area contributed by atoms with Crippen molar-refractivity contribution in [2.75, 3.05) is 13.1 Å². The van der Waals surface area contributed by atoms with Crippen molar-refractivity contribution in [3.05, 3.63) is 58.8 Å². The summed E-state index contributed by atoms with van der Waals surface area (Å²) in [5.74, 6) is 0.824. The van der Waals surface area contributed by atoms with Crippen LogP contribution in [-0.2, 0) is 11.8 Å². The maximum absolute atomic E-state index is 12.8. The Labute approximate surface area is 213 Å². The number of benzene rings is 2. The van der Waals surface area contributed by atoms with Crippen LogP contribution in [0.2, 0.25) is 0 Å². The highest BCUT2D eigenvalue weighted by Crippen LogP contribution is 2.67. The van der Waals surface area contributed by atoms with E-state index in [1.807, 2.05) is 0 Å². The van der Waals surface area contributed by atoms with Gasteiger partial charge in [-0.1, -0.05) is 50.8 Å². The number of ether oxygens (including phenoxy) is 1. The van der Waals surface area contributed by atoms with Crippen LogP contribution < -0.4 is 22.5 Å². The maximum Gasteiger partial charge on any atom is 0.186 e. The van der Waals surface area contributed by atoms with Gasteiger partial charge < -0.3 is 27.4 Å². The van der Waals surface area contributed by atoms with Gasteiger partial charge in [-0.3, -0.25) is 10.2 Å². The molecule has 5 aliphatic rings. The number of piperidine rings is 1. The van der Waals surface area contributed by atoms with E-state index >= 15 is 0 Å². The molecule has 2 aromatic rings. The van der Waals surface area contributed by atoms with Crippen LogP contribution in [0.4, 0.5) is 5.69 Å². The van der Waals surface area contributed by atoms with E-state index < -0.39 is 11.0 Å². The third-order valence-corrected chi connectivity index (χ3v) is 9.55. The van der Waals surface area contributed by atoms with Crippen molar-refractivity contribution < 1.29 is 32.7 Å². The molecule has 3 aliphatic heterocycles. The number of aromatic hydroxyl groups is 1. The molecule has 0 aromatic heterocycles. The Hall–Kier alpha value is -2.05. The molecule has 1 saturated heterocycles. The van der Waals surface area contributed by atoms with Gasteiger partial charge in [-0.05, 0) is 50.0 Å². The van der Waals surface area contributed by atoms with Crippen LogP contribution in [0.3, 0.4) is 0 Å². The summed E-state index contributed by atoms with van der Waals surface area (Å²) in [6, 6.07) is 12.5. The third-order valence-electron chi connectivity index (χ3n) is 9.55. The van der Waals surface area contributed by atoms with Crippen molar-refractivity contribution >= 4 is 11.3 Å². The van der Waals surface area contributed by atoms with E-state index in [4.69, 9.17) is 4.74 Å². The van der Waals surface area contributed by atoms with Gasteiger partial charge in [0.05, 0.1) is 11.0 Å². The zero-order valence-corrected chi connectivity index (χ0v) is 21.2. The van der Waals surface area contributed by atoms with E-state index in [2.05, 4.69) is 47.5 Å². The van der Waals surface area contributed by atoms with E-state index in [1.165, 1.54) is 60.2 Å². The van der Waals surface area contributed by atoms with Crippen LogP contribution >= 0.6 is 0 Å². The van der Waals surface area contributed by atoms with Gasteiger partial charge in [0.25, 0.3) is 0 Å². The Balaban J connectivity index is 0.00000229. The topological polar surface area (TPSA) is 69.5 Å². The van der Waals surface area contributed by atoms with E-state index in [1.54, 1.807) is 6.07 Å². The first kappa shape index (κ1) is 23.4. The number of likely N-dealkylation sites (tertiary alicyclic amines) is 1. The van der Waals surface area contributed by atoms with Crippen molar-refractivity contribution in [2.45, 2.75) is 81.5 Å². The van der Waals surface area contributed by atoms with Gasteiger partial charge in [-0.25, -0.2) is 0 Å². The molecule has 4 N–H and O–H groups in total. The molecule has 0 saturated carbocycles. The summed E-state index contributed by atoms with van der Waals surface area (Å²) >= 11 is 0. The Kier molecular flexibility index (Phi) is 5.50. The Morgan fingerprint density at radius 1 is 1.11 bits per heavy atom. The van der Waals surface area contributed by atoms with Gasteiger partial charge in [-0.15, -0.1) is 0 Å². The average molecular weight is 495 g/mol. The van der Waals surface area contributed by atoms with E-state index in [9.17, 15) is 10.2 Å². The second-order valence-electron chi connectivity index (χ2n) is 11.1. The fourth-order valence-corrected chi connectivity index (χ4v) is 8.04. The third kappa shape index (κ3) is 2.93. The number of unbranched alkanes of at least 4 members (excludes halogenated alkanes) is 4. The quantitative estimate of drug-likeness (QED) is 0.409. The second kappa shape index (κ2) is 8.24. The standard InChI is InChI=1S/C29H34N2O3.ClH/c1-2-3-4-5-8-14-31-15-13-28-24-18-11-12-22(32)26(24)34-27(28)25-20(17-29(28,33)23(31)16-18)19-9-6-7-10-21(19)30-25;/h6-7,9-12,23,27,30,32-33H,2-5,8,13-17H2,1H3;1H/t23-,27+,28+,29-;/m1./s1. The summed E-state index contributed by atoms with van der Waals surface area (Å²) in [6.45, 7) is 4.29. The van der Waals surface area contributed by atoms with Crippen LogP contribution in [0.1, 0.15) is 68.6 Å². The number of para-hydroxylation sites is 1. The smallest absolute Gasteiger partial charge is 0.186 e. The molecule has 3 heterocycles. The van der Waals surface area contributed by atoms with Crippen LogP contribution in [0, 0.1) is 0 Å². The molecule has 6 heteroatoms. The average Bonchev–Trinajstić information content (AvgIpc) is 3.37. The van der Waals surface area contributed by atoms with Gasteiger partial charge in [0.15, 0.2) is 23.3 Å². The van der Waals surface area contributed by atoms with Crippen molar-refractivity contribution in [3.63, 3.8) is 0 Å². The minimum atomic E-state index is -0.907. The highest BCUT2D eigenvalue weighted by Gasteiger charge is 2.74. The summed E-state index contributed by atoms with van der Waals surface area (Å²) < 4.78 is 6.66. The first-order valence-corrected chi connectivity index (χ1v) is 13.2. The number of rotatable bonds is 6. The highest BCUT2D eigenvalue weighted by atomic mass is 35.5. The molecule has 0 radical (unpaired) electrons. The summed E-state index contributed by atoms with van der Waals surface area (Å²) in [5.41, 5.74) is 5.85. The number of fused-ring (bicyclic) bond motifs is 3. The minimum Gasteiger partial charge on any atom is -1.00 e. The molecule has 0 unspecified atom stereocenters. The molecular formula is C29H35ClN2O3. The van der Waals surface area contributed by atoms with Gasteiger partial charge >= 0.3 is 0 Å². The molecule has 4 atom stereocenters. The first-order chi connectivity index (χ1) is 16.6. The number of hydrogen-bond acceptors (Lipinski definition) is 4. The molecule has 2 aliphatic carbocycles. The van der Waals surface area contributed by atoms with Crippen LogP contribution in [0.5, 0.6) is 11.5 Å². The van der Waals surface area contributed by atoms with E-state index in [-0.39, 0.29) is 30.3 Å². The fraction of sp³-hybridized carbons (Fsp3) is 0.517. The molecule has 186 valence electrons. The molecule has 35 heavy (non-hydrogen) atoms. The second-order valence-corrected chi connectivity index (χ2v) is 11.1. The number of quaternary nitrogens is 1. The van der Waals surface area contributed by atoms with Crippen molar-refractivity contribution in [1.29, 1.82) is 0 Å². The number of hydrogen-bond donors (Lipinski definition) is 3. The SMILES string of the molecule is CCCCCCCN1CC[C@]23c4c5ccc(O)c4O[C@H]2C2=C(C[C@@]3(O)[C@H]1C5)c1ccccc1[NH2+]2.[Cl-]. The molecule has 7 rings (SSSR count). The van der Waals surface area contributed by atoms with Gasteiger partial charge in [0, 0.05) is 35.2 Å². The molecule has 0 amide bonds. The molecule has 5 nitrogen and oxygen atoms in total. The lowest BCUT2D eigenvalue weighted by molar-refractivity contribution is -0.524. The largest absolute Gasteiger partial charge is 1.00 e. The Morgan fingerprint density at radius 2 is 1.94 bits per heavy atom. The van der Waals surface area contributed by atoms with Crippen molar-refractivity contribution in [2.24, 2.45) is 0 Å². The predicted molar refractivity (Wildman–Crippen MR) is 131 cm³/mol. The number of nitrogens with two attached hydrogens (primary N) is 1.